The van der Waals surface area contributed by atoms with Crippen molar-refractivity contribution in [2.24, 2.45) is 0 Å². The maximum absolute atomic E-state index is 12.8. The Bertz CT molecular complexity index is 922. The molecule has 7 heteroatoms. The molecular formula is C20H19ClN4O2. The van der Waals surface area contributed by atoms with Crippen LogP contribution in [0.2, 0.25) is 5.02 Å². The summed E-state index contributed by atoms with van der Waals surface area (Å²) in [7, 11) is 0. The van der Waals surface area contributed by atoms with E-state index in [2.05, 4.69) is 20.4 Å². The Morgan fingerprint density at radius 2 is 1.74 bits per heavy atom. The topological polar surface area (TPSA) is 71.3 Å². The third-order valence-electron chi connectivity index (χ3n) is 4.58. The molecule has 138 valence electrons. The van der Waals surface area contributed by atoms with Crippen molar-refractivity contribution in [2.45, 2.75) is 18.9 Å². The Labute approximate surface area is 162 Å². The minimum Gasteiger partial charge on any atom is -0.405 e. The highest BCUT2D eigenvalue weighted by atomic mass is 35.5. The van der Waals surface area contributed by atoms with Crippen molar-refractivity contribution < 1.29 is 9.21 Å². The third kappa shape index (κ3) is 3.80. The number of halogens is 1. The van der Waals surface area contributed by atoms with Gasteiger partial charge in [-0.2, -0.15) is 0 Å². The number of amides is 1. The van der Waals surface area contributed by atoms with Crippen molar-refractivity contribution >= 4 is 23.5 Å². The molecule has 6 nitrogen and oxygen atoms in total. The first-order chi connectivity index (χ1) is 13.2. The van der Waals surface area contributed by atoms with E-state index >= 15 is 0 Å². The molecule has 1 aliphatic heterocycles. The van der Waals surface area contributed by atoms with Crippen LogP contribution in [0.1, 0.15) is 40.7 Å². The Kier molecular flexibility index (Phi) is 5.07. The van der Waals surface area contributed by atoms with E-state index in [1.54, 1.807) is 24.3 Å². The molecule has 1 aliphatic rings. The second-order valence-electron chi connectivity index (χ2n) is 6.41. The fourth-order valence-corrected chi connectivity index (χ4v) is 3.39. The van der Waals surface area contributed by atoms with E-state index in [0.29, 0.717) is 22.5 Å². The summed E-state index contributed by atoms with van der Waals surface area (Å²) >= 11 is 6.17. The van der Waals surface area contributed by atoms with Crippen LogP contribution in [0.25, 0.3) is 0 Å². The fourth-order valence-electron chi connectivity index (χ4n) is 3.17. The number of nitrogens with zero attached hydrogens (tertiary/aromatic N) is 3. The van der Waals surface area contributed by atoms with Crippen LogP contribution >= 0.6 is 11.6 Å². The molecule has 1 fully saturated rings. The van der Waals surface area contributed by atoms with Crippen molar-refractivity contribution in [3.8, 4) is 0 Å². The summed E-state index contributed by atoms with van der Waals surface area (Å²) in [6.07, 6.45) is 2.23. The highest BCUT2D eigenvalue weighted by Crippen LogP contribution is 2.26. The Hall–Kier alpha value is -2.86. The number of hydrogen-bond donors (Lipinski definition) is 1. The highest BCUT2D eigenvalue weighted by Gasteiger charge is 2.26. The molecule has 0 saturated carbocycles. The van der Waals surface area contributed by atoms with Crippen LogP contribution in [-0.4, -0.2) is 29.2 Å². The monoisotopic (exact) mass is 382 g/mol. The largest absolute Gasteiger partial charge is 0.405 e. The molecule has 0 bridgehead atoms. The van der Waals surface area contributed by atoms with E-state index in [4.69, 9.17) is 16.0 Å². The standard InChI is InChI=1S/C20H19ClN4O2/c21-16-11-5-4-10-15(16)18(26)22-17(14-8-2-1-3-9-14)19-23-24-20(27-19)25-12-6-7-13-25/h1-5,8-11,17H,6-7,12-13H2,(H,22,26)/t17-/m1/s1. The van der Waals surface area contributed by atoms with Crippen LogP contribution in [0.15, 0.2) is 59.0 Å². The zero-order valence-electron chi connectivity index (χ0n) is 14.6. The molecule has 0 unspecified atom stereocenters. The van der Waals surface area contributed by atoms with Gasteiger partial charge in [0, 0.05) is 13.1 Å². The van der Waals surface area contributed by atoms with Crippen LogP contribution in [0, 0.1) is 0 Å². The van der Waals surface area contributed by atoms with Crippen molar-refractivity contribution in [2.75, 3.05) is 18.0 Å². The number of rotatable bonds is 5. The highest BCUT2D eigenvalue weighted by molar-refractivity contribution is 6.33. The number of carbonyl (C=O) groups is 1. The van der Waals surface area contributed by atoms with Gasteiger partial charge in [0.25, 0.3) is 5.91 Å². The normalized spacial score (nSPS) is 14.9. The van der Waals surface area contributed by atoms with Crippen LogP contribution < -0.4 is 10.2 Å². The van der Waals surface area contributed by atoms with Gasteiger partial charge in [-0.1, -0.05) is 59.2 Å². The number of carbonyl (C=O) groups excluding carboxylic acids is 1. The zero-order valence-corrected chi connectivity index (χ0v) is 15.4. The van der Waals surface area contributed by atoms with E-state index in [0.717, 1.165) is 31.5 Å². The number of hydrogen-bond acceptors (Lipinski definition) is 5. The summed E-state index contributed by atoms with van der Waals surface area (Å²) in [5.74, 6) is 0.0545. The molecule has 1 aromatic heterocycles. The van der Waals surface area contributed by atoms with E-state index in [9.17, 15) is 4.79 Å². The van der Waals surface area contributed by atoms with E-state index < -0.39 is 6.04 Å². The van der Waals surface area contributed by atoms with Crippen molar-refractivity contribution in [1.82, 2.24) is 15.5 Å². The summed E-state index contributed by atoms with van der Waals surface area (Å²) in [6.45, 7) is 1.81. The van der Waals surface area contributed by atoms with Crippen LogP contribution in [-0.2, 0) is 0 Å². The SMILES string of the molecule is O=C(N[C@H](c1ccccc1)c1nnc(N2CCCC2)o1)c1ccccc1Cl. The average molecular weight is 383 g/mol. The molecule has 3 aromatic rings. The van der Waals surface area contributed by atoms with Crippen molar-refractivity contribution in [1.29, 1.82) is 0 Å². The van der Waals surface area contributed by atoms with Gasteiger partial charge in [-0.3, -0.25) is 4.79 Å². The number of nitrogens with one attached hydrogen (secondary N) is 1. The second kappa shape index (κ2) is 7.80. The van der Waals surface area contributed by atoms with Crippen LogP contribution in [0.4, 0.5) is 6.01 Å². The first-order valence-corrected chi connectivity index (χ1v) is 9.29. The van der Waals surface area contributed by atoms with Gasteiger partial charge in [-0.15, -0.1) is 5.10 Å². The van der Waals surface area contributed by atoms with E-state index in [-0.39, 0.29) is 5.91 Å². The second-order valence-corrected chi connectivity index (χ2v) is 6.82. The molecule has 4 rings (SSSR count). The molecule has 0 spiro atoms. The molecule has 1 atom stereocenters. The summed E-state index contributed by atoms with van der Waals surface area (Å²) in [5.41, 5.74) is 1.26. The van der Waals surface area contributed by atoms with Crippen LogP contribution in [0.5, 0.6) is 0 Å². The van der Waals surface area contributed by atoms with Crippen molar-refractivity contribution in [3.05, 3.63) is 76.6 Å². The predicted octanol–water partition coefficient (Wildman–Crippen LogP) is 3.84. The molecule has 1 saturated heterocycles. The maximum Gasteiger partial charge on any atom is 0.318 e. The van der Waals surface area contributed by atoms with Crippen LogP contribution in [0.3, 0.4) is 0 Å². The lowest BCUT2D eigenvalue weighted by Gasteiger charge is -2.16. The molecule has 2 heterocycles. The van der Waals surface area contributed by atoms with Crippen molar-refractivity contribution in [3.63, 3.8) is 0 Å². The lowest BCUT2D eigenvalue weighted by molar-refractivity contribution is 0.0938. The van der Waals surface area contributed by atoms with Gasteiger partial charge in [0.2, 0.25) is 5.89 Å². The minimum absolute atomic E-state index is 0.296. The summed E-state index contributed by atoms with van der Waals surface area (Å²) < 4.78 is 5.91. The van der Waals surface area contributed by atoms with Gasteiger partial charge in [-0.05, 0) is 30.5 Å². The quantitative estimate of drug-likeness (QED) is 0.725. The first-order valence-electron chi connectivity index (χ1n) is 8.91. The Morgan fingerprint density at radius 3 is 2.48 bits per heavy atom. The van der Waals surface area contributed by atoms with Gasteiger partial charge in [0.1, 0.15) is 6.04 Å². The number of aromatic nitrogens is 2. The lowest BCUT2D eigenvalue weighted by Crippen LogP contribution is -2.29. The summed E-state index contributed by atoms with van der Waals surface area (Å²) in [6, 6.07) is 16.4. The Balaban J connectivity index is 1.64. The molecule has 0 radical (unpaired) electrons. The zero-order chi connectivity index (χ0) is 18.6. The van der Waals surface area contributed by atoms with Gasteiger partial charge in [0.05, 0.1) is 10.6 Å². The number of anilines is 1. The molecule has 27 heavy (non-hydrogen) atoms. The van der Waals surface area contributed by atoms with Gasteiger partial charge >= 0.3 is 6.01 Å². The smallest absolute Gasteiger partial charge is 0.318 e. The molecule has 0 aliphatic carbocycles. The molecular weight excluding hydrogens is 364 g/mol. The summed E-state index contributed by atoms with van der Waals surface area (Å²) in [5, 5.41) is 11.7. The van der Waals surface area contributed by atoms with Gasteiger partial charge < -0.3 is 14.6 Å². The number of benzene rings is 2. The molecule has 2 aromatic carbocycles. The average Bonchev–Trinajstić information content (AvgIpc) is 3.38. The minimum atomic E-state index is -0.557. The summed E-state index contributed by atoms with van der Waals surface area (Å²) in [4.78, 5) is 14.9. The van der Waals surface area contributed by atoms with E-state index in [1.165, 1.54) is 0 Å². The third-order valence-corrected chi connectivity index (χ3v) is 4.91. The predicted molar refractivity (Wildman–Crippen MR) is 103 cm³/mol. The fraction of sp³-hybridized carbons (Fsp3) is 0.250. The maximum atomic E-state index is 12.8. The van der Waals surface area contributed by atoms with Gasteiger partial charge in [0.15, 0.2) is 0 Å². The first kappa shape index (κ1) is 17.5. The van der Waals surface area contributed by atoms with Gasteiger partial charge in [-0.25, -0.2) is 0 Å². The Morgan fingerprint density at radius 1 is 1.04 bits per heavy atom. The lowest BCUT2D eigenvalue weighted by atomic mass is 10.1. The van der Waals surface area contributed by atoms with E-state index in [1.807, 2.05) is 30.3 Å². The molecule has 1 amide bonds. The molecule has 1 N–H and O–H groups in total.